The molecule has 3 heteroatoms. The highest BCUT2D eigenvalue weighted by Gasteiger charge is 2.46. The molecule has 0 bridgehead atoms. The maximum atomic E-state index is 8.91. The summed E-state index contributed by atoms with van der Waals surface area (Å²) in [5, 5.41) is 12.4. The molecule has 1 aliphatic carbocycles. The van der Waals surface area contributed by atoms with Gasteiger partial charge >= 0.3 is 0 Å². The molecule has 0 radical (unpaired) electrons. The third kappa shape index (κ3) is 1.95. The lowest BCUT2D eigenvalue weighted by atomic mass is 9.60. The summed E-state index contributed by atoms with van der Waals surface area (Å²) in [4.78, 5) is 0. The van der Waals surface area contributed by atoms with Gasteiger partial charge in [0.1, 0.15) is 0 Å². The molecule has 1 saturated heterocycles. The second-order valence-corrected chi connectivity index (χ2v) is 4.88. The molecular weight excluding hydrogens is 178 g/mol. The smallest absolute Gasteiger partial charge is 0.0582 e. The van der Waals surface area contributed by atoms with E-state index in [1.807, 2.05) is 7.11 Å². The van der Waals surface area contributed by atoms with Crippen LogP contribution in [0, 0.1) is 5.41 Å². The highest BCUT2D eigenvalue weighted by Crippen LogP contribution is 2.50. The average Bonchev–Trinajstić information content (AvgIpc) is 2.15. The van der Waals surface area contributed by atoms with Crippen LogP contribution in [0.15, 0.2) is 0 Å². The first-order valence-electron chi connectivity index (χ1n) is 5.65. The van der Waals surface area contributed by atoms with Gasteiger partial charge < -0.3 is 15.2 Å². The van der Waals surface area contributed by atoms with E-state index in [0.29, 0.717) is 24.2 Å². The first-order valence-corrected chi connectivity index (χ1v) is 5.65. The Balaban J connectivity index is 1.83. The molecule has 1 unspecified atom stereocenters. The summed E-state index contributed by atoms with van der Waals surface area (Å²) in [5.41, 5.74) is 0.547. The van der Waals surface area contributed by atoms with Crippen molar-refractivity contribution in [1.29, 1.82) is 0 Å². The van der Waals surface area contributed by atoms with Crippen LogP contribution in [0.25, 0.3) is 0 Å². The monoisotopic (exact) mass is 199 g/mol. The number of piperidine rings is 1. The number of methoxy groups -OCH3 is 1. The van der Waals surface area contributed by atoms with E-state index >= 15 is 0 Å². The summed E-state index contributed by atoms with van der Waals surface area (Å²) in [6.07, 6.45) is 6.38. The summed E-state index contributed by atoms with van der Waals surface area (Å²) in [5.74, 6) is 0. The normalized spacial score (nSPS) is 42.4. The van der Waals surface area contributed by atoms with Gasteiger partial charge in [-0.25, -0.2) is 0 Å². The van der Waals surface area contributed by atoms with E-state index < -0.39 is 0 Å². The van der Waals surface area contributed by atoms with Gasteiger partial charge in [-0.15, -0.1) is 0 Å². The van der Waals surface area contributed by atoms with Gasteiger partial charge in [0.2, 0.25) is 0 Å². The molecule has 0 amide bonds. The van der Waals surface area contributed by atoms with Crippen molar-refractivity contribution in [2.24, 2.45) is 5.41 Å². The SMILES string of the molecule is COC1CC2(CCNC(CCO)C2)C1. The van der Waals surface area contributed by atoms with Crippen molar-refractivity contribution < 1.29 is 9.84 Å². The molecular formula is C11H21NO2. The van der Waals surface area contributed by atoms with Gasteiger partial charge in [0.05, 0.1) is 6.10 Å². The Labute approximate surface area is 85.8 Å². The van der Waals surface area contributed by atoms with Gasteiger partial charge in [0.15, 0.2) is 0 Å². The summed E-state index contributed by atoms with van der Waals surface area (Å²) < 4.78 is 5.34. The number of hydrogen-bond donors (Lipinski definition) is 2. The maximum Gasteiger partial charge on any atom is 0.0582 e. The quantitative estimate of drug-likeness (QED) is 0.710. The molecule has 1 saturated carbocycles. The largest absolute Gasteiger partial charge is 0.396 e. The molecule has 2 fully saturated rings. The van der Waals surface area contributed by atoms with Crippen molar-refractivity contribution in [2.45, 2.75) is 44.2 Å². The van der Waals surface area contributed by atoms with E-state index in [4.69, 9.17) is 9.84 Å². The molecule has 2 aliphatic rings. The van der Waals surface area contributed by atoms with Gasteiger partial charge in [-0.1, -0.05) is 0 Å². The summed E-state index contributed by atoms with van der Waals surface area (Å²) in [6, 6.07) is 0.534. The van der Waals surface area contributed by atoms with E-state index in [-0.39, 0.29) is 0 Å². The zero-order valence-electron chi connectivity index (χ0n) is 8.96. The Hall–Kier alpha value is -0.120. The lowest BCUT2D eigenvalue weighted by Gasteiger charge is -2.51. The second-order valence-electron chi connectivity index (χ2n) is 4.88. The second kappa shape index (κ2) is 4.17. The number of rotatable bonds is 3. The molecule has 1 atom stereocenters. The standard InChI is InChI=1S/C11H21NO2/c1-14-10-7-11(8-10)3-4-12-9(6-11)2-5-13/h9-10,12-13H,2-8H2,1H3. The van der Waals surface area contributed by atoms with Crippen LogP contribution >= 0.6 is 0 Å². The Morgan fingerprint density at radius 2 is 2.21 bits per heavy atom. The van der Waals surface area contributed by atoms with Crippen molar-refractivity contribution in [3.8, 4) is 0 Å². The molecule has 0 aromatic heterocycles. The molecule has 82 valence electrons. The molecule has 14 heavy (non-hydrogen) atoms. The number of hydrogen-bond acceptors (Lipinski definition) is 3. The summed E-state index contributed by atoms with van der Waals surface area (Å²) in [7, 11) is 1.81. The predicted molar refractivity (Wildman–Crippen MR) is 55.2 cm³/mol. The minimum Gasteiger partial charge on any atom is -0.396 e. The topological polar surface area (TPSA) is 41.5 Å². The fourth-order valence-corrected chi connectivity index (χ4v) is 3.04. The molecule has 1 aliphatic heterocycles. The van der Waals surface area contributed by atoms with Crippen LogP contribution in [0.4, 0.5) is 0 Å². The zero-order valence-corrected chi connectivity index (χ0v) is 8.96. The summed E-state index contributed by atoms with van der Waals surface area (Å²) in [6.45, 7) is 1.42. The third-order valence-electron chi connectivity index (χ3n) is 3.90. The van der Waals surface area contributed by atoms with Crippen LogP contribution in [0.1, 0.15) is 32.1 Å². The predicted octanol–water partition coefficient (Wildman–Crippen LogP) is 0.916. The number of aliphatic hydroxyl groups is 1. The molecule has 3 nitrogen and oxygen atoms in total. The Morgan fingerprint density at radius 1 is 1.43 bits per heavy atom. The average molecular weight is 199 g/mol. The van der Waals surface area contributed by atoms with E-state index in [2.05, 4.69) is 5.32 Å². The Kier molecular flexibility index (Phi) is 3.10. The molecule has 2 N–H and O–H groups in total. The lowest BCUT2D eigenvalue weighted by Crippen LogP contribution is -2.52. The number of aliphatic hydroxyl groups excluding tert-OH is 1. The van der Waals surface area contributed by atoms with Gasteiger partial charge in [-0.05, 0) is 44.1 Å². The minimum atomic E-state index is 0.307. The van der Waals surface area contributed by atoms with Crippen LogP contribution in [0.3, 0.4) is 0 Å². The molecule has 1 heterocycles. The lowest BCUT2D eigenvalue weighted by molar-refractivity contribution is -0.0816. The number of ether oxygens (including phenoxy) is 1. The Morgan fingerprint density at radius 3 is 2.86 bits per heavy atom. The van der Waals surface area contributed by atoms with E-state index in [1.54, 1.807) is 0 Å². The molecule has 0 aromatic carbocycles. The van der Waals surface area contributed by atoms with Crippen molar-refractivity contribution in [3.63, 3.8) is 0 Å². The molecule has 1 spiro atoms. The van der Waals surface area contributed by atoms with Crippen LogP contribution in [-0.2, 0) is 4.74 Å². The van der Waals surface area contributed by atoms with Crippen molar-refractivity contribution >= 4 is 0 Å². The maximum absolute atomic E-state index is 8.91. The van der Waals surface area contributed by atoms with E-state index in [1.165, 1.54) is 25.7 Å². The van der Waals surface area contributed by atoms with E-state index in [0.717, 1.165) is 13.0 Å². The van der Waals surface area contributed by atoms with Crippen LogP contribution in [-0.4, -0.2) is 37.5 Å². The van der Waals surface area contributed by atoms with Gasteiger partial charge in [0.25, 0.3) is 0 Å². The van der Waals surface area contributed by atoms with Gasteiger partial charge in [-0.2, -0.15) is 0 Å². The zero-order chi connectivity index (χ0) is 10.0. The highest BCUT2D eigenvalue weighted by molar-refractivity contribution is 4.99. The van der Waals surface area contributed by atoms with Crippen LogP contribution in [0.5, 0.6) is 0 Å². The minimum absolute atomic E-state index is 0.307. The fourth-order valence-electron chi connectivity index (χ4n) is 3.04. The summed E-state index contributed by atoms with van der Waals surface area (Å²) >= 11 is 0. The fraction of sp³-hybridized carbons (Fsp3) is 1.00. The first kappa shape index (κ1) is 10.4. The van der Waals surface area contributed by atoms with E-state index in [9.17, 15) is 0 Å². The Bertz CT molecular complexity index is 188. The molecule has 2 rings (SSSR count). The van der Waals surface area contributed by atoms with Crippen molar-refractivity contribution in [1.82, 2.24) is 5.32 Å². The van der Waals surface area contributed by atoms with Gasteiger partial charge in [0, 0.05) is 19.8 Å². The van der Waals surface area contributed by atoms with Crippen LogP contribution < -0.4 is 5.32 Å². The van der Waals surface area contributed by atoms with Crippen molar-refractivity contribution in [2.75, 3.05) is 20.3 Å². The number of nitrogens with one attached hydrogen (secondary N) is 1. The highest BCUT2D eigenvalue weighted by atomic mass is 16.5. The van der Waals surface area contributed by atoms with Gasteiger partial charge in [-0.3, -0.25) is 0 Å². The third-order valence-corrected chi connectivity index (χ3v) is 3.90. The first-order chi connectivity index (χ1) is 6.78. The molecule has 0 aromatic rings. The van der Waals surface area contributed by atoms with Crippen molar-refractivity contribution in [3.05, 3.63) is 0 Å². The van der Waals surface area contributed by atoms with Crippen LogP contribution in [0.2, 0.25) is 0 Å².